The fraction of sp³-hybridized carbons (Fsp3) is 0.625. The molecule has 108 valence electrons. The second kappa shape index (κ2) is 9.51. The smallest absolute Gasteiger partial charge is 0.0234 e. The first-order chi connectivity index (χ1) is 9.17. The van der Waals surface area contributed by atoms with Gasteiger partial charge in [0.2, 0.25) is 0 Å². The molecule has 2 nitrogen and oxygen atoms in total. The van der Waals surface area contributed by atoms with E-state index in [1.807, 2.05) is 0 Å². The summed E-state index contributed by atoms with van der Waals surface area (Å²) in [5.41, 5.74) is 1.37. The van der Waals surface area contributed by atoms with Gasteiger partial charge in [0.05, 0.1) is 0 Å². The molecule has 1 aromatic carbocycles. The van der Waals surface area contributed by atoms with Crippen molar-refractivity contribution in [3.8, 4) is 0 Å². The molecule has 3 heteroatoms. The summed E-state index contributed by atoms with van der Waals surface area (Å²) in [6, 6.07) is 9.21. The third-order valence-corrected chi connectivity index (χ3v) is 3.87. The van der Waals surface area contributed by atoms with Gasteiger partial charge in [0.1, 0.15) is 0 Å². The molecule has 0 bridgehead atoms. The van der Waals surface area contributed by atoms with Crippen LogP contribution in [-0.2, 0) is 6.54 Å². The van der Waals surface area contributed by atoms with Gasteiger partial charge in [-0.2, -0.15) is 0 Å². The summed E-state index contributed by atoms with van der Waals surface area (Å²) in [7, 11) is 2.23. The van der Waals surface area contributed by atoms with Crippen LogP contribution in [0.25, 0.3) is 0 Å². The lowest BCUT2D eigenvalue weighted by molar-refractivity contribution is 0.215. The zero-order chi connectivity index (χ0) is 14.1. The van der Waals surface area contributed by atoms with Gasteiger partial charge in [-0.3, -0.25) is 4.90 Å². The number of halogens is 1. The van der Waals surface area contributed by atoms with Gasteiger partial charge < -0.3 is 5.32 Å². The monoisotopic (exact) mass is 326 g/mol. The van der Waals surface area contributed by atoms with Crippen LogP contribution < -0.4 is 5.32 Å². The average molecular weight is 327 g/mol. The molecule has 1 unspecified atom stereocenters. The average Bonchev–Trinajstić information content (AvgIpc) is 2.38. The lowest BCUT2D eigenvalue weighted by Gasteiger charge is -2.28. The van der Waals surface area contributed by atoms with Gasteiger partial charge in [-0.25, -0.2) is 0 Å². The Labute approximate surface area is 126 Å². The van der Waals surface area contributed by atoms with Crippen molar-refractivity contribution in [3.05, 3.63) is 34.3 Å². The van der Waals surface area contributed by atoms with Gasteiger partial charge >= 0.3 is 0 Å². The molecule has 0 fully saturated rings. The van der Waals surface area contributed by atoms with Crippen molar-refractivity contribution >= 4 is 15.9 Å². The quantitative estimate of drug-likeness (QED) is 0.689. The molecule has 0 heterocycles. The topological polar surface area (TPSA) is 15.3 Å². The van der Waals surface area contributed by atoms with Crippen LogP contribution in [0.15, 0.2) is 28.7 Å². The van der Waals surface area contributed by atoms with Crippen LogP contribution in [0.3, 0.4) is 0 Å². The Morgan fingerprint density at radius 2 is 2.05 bits per heavy atom. The van der Waals surface area contributed by atoms with E-state index < -0.39 is 0 Å². The fourth-order valence-corrected chi connectivity index (χ4v) is 2.76. The van der Waals surface area contributed by atoms with E-state index in [0.29, 0.717) is 6.04 Å². The Bertz CT molecular complexity index is 354. The minimum Gasteiger partial charge on any atom is -0.315 e. The molecule has 0 saturated carbocycles. The minimum absolute atomic E-state index is 0.621. The summed E-state index contributed by atoms with van der Waals surface area (Å²) >= 11 is 3.54. The van der Waals surface area contributed by atoms with Gasteiger partial charge in [-0.15, -0.1) is 0 Å². The van der Waals surface area contributed by atoms with Crippen LogP contribution >= 0.6 is 15.9 Å². The van der Waals surface area contributed by atoms with Crippen molar-refractivity contribution < 1.29 is 0 Å². The van der Waals surface area contributed by atoms with Crippen molar-refractivity contribution in [3.63, 3.8) is 0 Å². The van der Waals surface area contributed by atoms with E-state index in [1.54, 1.807) is 0 Å². The molecule has 19 heavy (non-hydrogen) atoms. The normalized spacial score (nSPS) is 12.9. The molecule has 0 spiro atoms. The first-order valence-corrected chi connectivity index (χ1v) is 8.12. The van der Waals surface area contributed by atoms with Crippen LogP contribution in [-0.4, -0.2) is 31.1 Å². The third-order valence-electron chi connectivity index (χ3n) is 3.37. The van der Waals surface area contributed by atoms with E-state index in [9.17, 15) is 0 Å². The highest BCUT2D eigenvalue weighted by Crippen LogP contribution is 2.15. The molecule has 0 saturated heterocycles. The number of hydrogen-bond donors (Lipinski definition) is 1. The van der Waals surface area contributed by atoms with Crippen LogP contribution in [0.2, 0.25) is 0 Å². The summed E-state index contributed by atoms with van der Waals surface area (Å²) in [5.74, 6) is 0. The Morgan fingerprint density at radius 3 is 2.68 bits per heavy atom. The fourth-order valence-electron chi connectivity index (χ4n) is 2.31. The highest BCUT2D eigenvalue weighted by atomic mass is 79.9. The predicted molar refractivity (Wildman–Crippen MR) is 87.5 cm³/mol. The largest absolute Gasteiger partial charge is 0.315 e. The highest BCUT2D eigenvalue weighted by molar-refractivity contribution is 9.10. The molecule has 0 aliphatic carbocycles. The zero-order valence-electron chi connectivity index (χ0n) is 12.5. The zero-order valence-corrected chi connectivity index (χ0v) is 14.0. The molecule has 1 rings (SSSR count). The lowest BCUT2D eigenvalue weighted by Crippen LogP contribution is -2.39. The molecule has 0 amide bonds. The number of hydrogen-bond acceptors (Lipinski definition) is 2. The van der Waals surface area contributed by atoms with Gasteiger partial charge in [0, 0.05) is 23.6 Å². The van der Waals surface area contributed by atoms with E-state index in [-0.39, 0.29) is 0 Å². The van der Waals surface area contributed by atoms with Gasteiger partial charge in [0.15, 0.2) is 0 Å². The second-order valence-electron chi connectivity index (χ2n) is 5.19. The van der Waals surface area contributed by atoms with E-state index in [0.717, 1.165) is 24.1 Å². The molecule has 0 aliphatic heterocycles. The van der Waals surface area contributed by atoms with E-state index in [1.165, 1.54) is 24.8 Å². The lowest BCUT2D eigenvalue weighted by atomic mass is 10.1. The number of nitrogens with one attached hydrogen (secondary N) is 1. The molecular formula is C16H27BrN2. The van der Waals surface area contributed by atoms with E-state index in [2.05, 4.69) is 71.3 Å². The maximum atomic E-state index is 3.55. The first kappa shape index (κ1) is 16.7. The summed E-state index contributed by atoms with van der Waals surface area (Å²) in [6.07, 6.45) is 3.69. The number of benzene rings is 1. The molecule has 0 aromatic heterocycles. The van der Waals surface area contributed by atoms with Crippen LogP contribution in [0.5, 0.6) is 0 Å². The van der Waals surface area contributed by atoms with Crippen LogP contribution in [0.4, 0.5) is 0 Å². The molecule has 1 atom stereocenters. The Kier molecular flexibility index (Phi) is 8.35. The maximum absolute atomic E-state index is 3.55. The van der Waals surface area contributed by atoms with Crippen molar-refractivity contribution in [2.45, 2.75) is 45.7 Å². The third kappa shape index (κ3) is 6.55. The predicted octanol–water partition coefficient (Wildman–Crippen LogP) is 4.05. The van der Waals surface area contributed by atoms with Gasteiger partial charge in [-0.05, 0) is 44.1 Å². The number of nitrogens with zero attached hydrogens (tertiary/aromatic N) is 1. The minimum atomic E-state index is 0.621. The van der Waals surface area contributed by atoms with E-state index >= 15 is 0 Å². The SMILES string of the molecule is CCCNCC(CCC)N(C)Cc1cccc(Br)c1. The van der Waals surface area contributed by atoms with Crippen molar-refractivity contribution in [2.24, 2.45) is 0 Å². The maximum Gasteiger partial charge on any atom is 0.0234 e. The Hall–Kier alpha value is -0.380. The van der Waals surface area contributed by atoms with Crippen molar-refractivity contribution in [1.82, 2.24) is 10.2 Å². The molecule has 0 radical (unpaired) electrons. The standard InChI is InChI=1S/C16H27BrN2/c1-4-7-16(12-18-10-5-2)19(3)13-14-8-6-9-15(17)11-14/h6,8-9,11,16,18H,4-5,7,10,12-13H2,1-3H3. The summed E-state index contributed by atoms with van der Waals surface area (Å²) in [5, 5.41) is 3.55. The van der Waals surface area contributed by atoms with Crippen LogP contribution in [0, 0.1) is 0 Å². The second-order valence-corrected chi connectivity index (χ2v) is 6.11. The summed E-state index contributed by atoms with van der Waals surface area (Å²) in [6.45, 7) is 7.70. The number of likely N-dealkylation sites (N-methyl/N-ethyl adjacent to an activating group) is 1. The van der Waals surface area contributed by atoms with Crippen molar-refractivity contribution in [2.75, 3.05) is 20.1 Å². The van der Waals surface area contributed by atoms with Gasteiger partial charge in [0.25, 0.3) is 0 Å². The Morgan fingerprint density at radius 1 is 1.26 bits per heavy atom. The van der Waals surface area contributed by atoms with Crippen LogP contribution in [0.1, 0.15) is 38.7 Å². The Balaban J connectivity index is 2.52. The molecular weight excluding hydrogens is 300 g/mol. The summed E-state index contributed by atoms with van der Waals surface area (Å²) < 4.78 is 1.16. The van der Waals surface area contributed by atoms with Gasteiger partial charge in [-0.1, -0.05) is 48.3 Å². The summed E-state index contributed by atoms with van der Waals surface area (Å²) in [4.78, 5) is 2.47. The molecule has 1 aromatic rings. The van der Waals surface area contributed by atoms with Crippen molar-refractivity contribution in [1.29, 1.82) is 0 Å². The molecule has 1 N–H and O–H groups in total. The highest BCUT2D eigenvalue weighted by Gasteiger charge is 2.13. The first-order valence-electron chi connectivity index (χ1n) is 7.32. The molecule has 0 aliphatic rings. The number of rotatable bonds is 9. The van der Waals surface area contributed by atoms with E-state index in [4.69, 9.17) is 0 Å².